The molecule has 3 rings (SSSR count). The van der Waals surface area contributed by atoms with Crippen LogP contribution in [-0.2, 0) is 17.8 Å². The number of ether oxygens (including phenoxy) is 1. The number of hydrogen-bond donors (Lipinski definition) is 1. The molecule has 140 valence electrons. The molecule has 8 heteroatoms. The maximum atomic E-state index is 12.1. The van der Waals surface area contributed by atoms with Crippen molar-refractivity contribution in [1.29, 1.82) is 0 Å². The minimum Gasteiger partial charge on any atom is -0.435 e. The van der Waals surface area contributed by atoms with Crippen molar-refractivity contribution in [2.75, 3.05) is 0 Å². The third-order valence-corrected chi connectivity index (χ3v) is 4.89. The smallest absolute Gasteiger partial charge is 0.387 e. The van der Waals surface area contributed by atoms with Crippen LogP contribution in [0.25, 0.3) is 10.6 Å². The highest BCUT2D eigenvalue weighted by molar-refractivity contribution is 7.13. The van der Waals surface area contributed by atoms with Crippen molar-refractivity contribution >= 4 is 28.8 Å². The van der Waals surface area contributed by atoms with Crippen LogP contribution >= 0.6 is 22.9 Å². The summed E-state index contributed by atoms with van der Waals surface area (Å²) in [5, 5.41) is 5.98. The Hall–Kier alpha value is -2.51. The minimum atomic E-state index is -2.86. The molecule has 1 amide bonds. The van der Waals surface area contributed by atoms with E-state index in [1.807, 2.05) is 23.6 Å². The Morgan fingerprint density at radius 2 is 1.93 bits per heavy atom. The normalized spacial score (nSPS) is 10.8. The van der Waals surface area contributed by atoms with Crippen LogP contribution in [0.2, 0.25) is 5.02 Å². The van der Waals surface area contributed by atoms with Gasteiger partial charge in [-0.1, -0.05) is 41.9 Å². The van der Waals surface area contributed by atoms with Crippen LogP contribution in [0.15, 0.2) is 53.9 Å². The molecular weight excluding hydrogens is 394 g/mol. The lowest BCUT2D eigenvalue weighted by molar-refractivity contribution is -0.120. The molecule has 0 bridgehead atoms. The molecule has 0 unspecified atom stereocenters. The van der Waals surface area contributed by atoms with Crippen LogP contribution in [0.3, 0.4) is 0 Å². The first kappa shape index (κ1) is 19.3. The molecule has 0 spiro atoms. The van der Waals surface area contributed by atoms with E-state index in [-0.39, 0.29) is 24.6 Å². The molecule has 0 aliphatic carbocycles. The average molecular weight is 409 g/mol. The standard InChI is InChI=1S/C19H15ClF2N2O2S/c20-16-4-2-1-3-15(16)18-24-13(11-27-18)9-17(25)23-10-12-5-7-14(8-6-12)26-19(21)22/h1-8,11,19H,9-10H2,(H,23,25). The van der Waals surface area contributed by atoms with Crippen LogP contribution in [-0.4, -0.2) is 17.5 Å². The third-order valence-electron chi connectivity index (χ3n) is 3.64. The van der Waals surface area contributed by atoms with Crippen molar-refractivity contribution in [2.24, 2.45) is 0 Å². The maximum Gasteiger partial charge on any atom is 0.387 e. The second-order valence-corrected chi connectivity index (χ2v) is 6.87. The Labute approximate surface area is 163 Å². The molecule has 3 aromatic rings. The number of nitrogens with zero attached hydrogens (tertiary/aromatic N) is 1. The molecule has 0 saturated carbocycles. The van der Waals surface area contributed by atoms with Gasteiger partial charge in [0.2, 0.25) is 5.91 Å². The largest absolute Gasteiger partial charge is 0.435 e. The zero-order valence-corrected chi connectivity index (χ0v) is 15.6. The summed E-state index contributed by atoms with van der Waals surface area (Å²) in [5.41, 5.74) is 2.27. The number of benzene rings is 2. The zero-order valence-electron chi connectivity index (χ0n) is 14.0. The number of carbonyl (C=O) groups excluding carboxylic acids is 1. The highest BCUT2D eigenvalue weighted by Crippen LogP contribution is 2.30. The summed E-state index contributed by atoms with van der Waals surface area (Å²) >= 11 is 7.60. The highest BCUT2D eigenvalue weighted by Gasteiger charge is 2.11. The molecular formula is C19H15ClF2N2O2S. The van der Waals surface area contributed by atoms with Crippen molar-refractivity contribution in [3.63, 3.8) is 0 Å². The molecule has 1 aromatic heterocycles. The fourth-order valence-corrected chi connectivity index (χ4v) is 3.50. The Balaban J connectivity index is 1.53. The Kier molecular flexibility index (Phi) is 6.36. The van der Waals surface area contributed by atoms with E-state index in [2.05, 4.69) is 15.0 Å². The fourth-order valence-electron chi connectivity index (χ4n) is 2.36. The first-order valence-corrected chi connectivity index (χ1v) is 9.27. The van der Waals surface area contributed by atoms with Gasteiger partial charge in [0.15, 0.2) is 0 Å². The molecule has 2 aromatic carbocycles. The van der Waals surface area contributed by atoms with Gasteiger partial charge >= 0.3 is 6.61 Å². The summed E-state index contributed by atoms with van der Waals surface area (Å²) < 4.78 is 28.5. The molecule has 1 N–H and O–H groups in total. The third kappa shape index (κ3) is 5.48. The van der Waals surface area contributed by atoms with Crippen LogP contribution in [0.1, 0.15) is 11.3 Å². The molecule has 0 atom stereocenters. The van der Waals surface area contributed by atoms with Crippen LogP contribution in [0, 0.1) is 0 Å². The van der Waals surface area contributed by atoms with Crippen molar-refractivity contribution in [3.05, 3.63) is 70.2 Å². The van der Waals surface area contributed by atoms with Crippen molar-refractivity contribution in [2.45, 2.75) is 19.6 Å². The van der Waals surface area contributed by atoms with E-state index in [0.717, 1.165) is 16.1 Å². The zero-order chi connectivity index (χ0) is 19.2. The van der Waals surface area contributed by atoms with Gasteiger partial charge in [-0.05, 0) is 23.8 Å². The Bertz CT molecular complexity index is 916. The molecule has 1 heterocycles. The highest BCUT2D eigenvalue weighted by atomic mass is 35.5. The average Bonchev–Trinajstić information content (AvgIpc) is 3.09. The second kappa shape index (κ2) is 8.92. The van der Waals surface area contributed by atoms with Gasteiger partial charge in [0.05, 0.1) is 17.1 Å². The van der Waals surface area contributed by atoms with Gasteiger partial charge in [-0.2, -0.15) is 8.78 Å². The molecule has 27 heavy (non-hydrogen) atoms. The van der Waals surface area contributed by atoms with Crippen LogP contribution < -0.4 is 10.1 Å². The van der Waals surface area contributed by atoms with E-state index in [0.29, 0.717) is 10.7 Å². The Morgan fingerprint density at radius 1 is 1.19 bits per heavy atom. The predicted octanol–water partition coefficient (Wildman–Crippen LogP) is 4.92. The summed E-state index contributed by atoms with van der Waals surface area (Å²) in [7, 11) is 0. The monoisotopic (exact) mass is 408 g/mol. The molecule has 4 nitrogen and oxygen atoms in total. The number of halogens is 3. The molecule has 0 aliphatic rings. The van der Waals surface area contributed by atoms with E-state index < -0.39 is 6.61 Å². The lowest BCUT2D eigenvalue weighted by Gasteiger charge is -2.07. The number of rotatable bonds is 7. The lowest BCUT2D eigenvalue weighted by Crippen LogP contribution is -2.24. The first-order chi connectivity index (χ1) is 13.0. The second-order valence-electron chi connectivity index (χ2n) is 5.60. The maximum absolute atomic E-state index is 12.1. The number of thiazole rings is 1. The van der Waals surface area contributed by atoms with Gasteiger partial charge in [-0.3, -0.25) is 4.79 Å². The number of nitrogens with one attached hydrogen (secondary N) is 1. The van der Waals surface area contributed by atoms with Gasteiger partial charge in [0.25, 0.3) is 0 Å². The first-order valence-electron chi connectivity index (χ1n) is 8.01. The summed E-state index contributed by atoms with van der Waals surface area (Å²) in [6.45, 7) is -2.57. The number of carbonyl (C=O) groups is 1. The van der Waals surface area contributed by atoms with E-state index >= 15 is 0 Å². The van der Waals surface area contributed by atoms with E-state index in [4.69, 9.17) is 11.6 Å². The number of hydrogen-bond acceptors (Lipinski definition) is 4. The van der Waals surface area contributed by atoms with Crippen LogP contribution in [0.4, 0.5) is 8.78 Å². The molecule has 0 saturated heterocycles. The minimum absolute atomic E-state index is 0.0784. The summed E-state index contributed by atoms with van der Waals surface area (Å²) in [5.74, 6) is -0.103. The van der Waals surface area contributed by atoms with Gasteiger partial charge in [0.1, 0.15) is 10.8 Å². The quantitative estimate of drug-likeness (QED) is 0.603. The molecule has 0 aliphatic heterocycles. The van der Waals surface area contributed by atoms with Gasteiger partial charge in [-0.25, -0.2) is 4.98 Å². The van der Waals surface area contributed by atoms with Crippen molar-refractivity contribution < 1.29 is 18.3 Å². The Morgan fingerprint density at radius 3 is 2.63 bits per heavy atom. The summed E-state index contributed by atoms with van der Waals surface area (Å²) in [6.07, 6.45) is 0.146. The predicted molar refractivity (Wildman–Crippen MR) is 101 cm³/mol. The van der Waals surface area contributed by atoms with Gasteiger partial charge < -0.3 is 10.1 Å². The molecule has 0 fully saturated rings. The fraction of sp³-hybridized carbons (Fsp3) is 0.158. The summed E-state index contributed by atoms with van der Waals surface area (Å²) in [6, 6.07) is 13.5. The van der Waals surface area contributed by atoms with Crippen LogP contribution in [0.5, 0.6) is 5.75 Å². The summed E-state index contributed by atoms with van der Waals surface area (Å²) in [4.78, 5) is 16.6. The lowest BCUT2D eigenvalue weighted by atomic mass is 10.2. The van der Waals surface area contributed by atoms with E-state index in [1.165, 1.54) is 23.5 Å². The number of alkyl halides is 2. The van der Waals surface area contributed by atoms with Crippen molar-refractivity contribution in [1.82, 2.24) is 10.3 Å². The van der Waals surface area contributed by atoms with E-state index in [1.54, 1.807) is 18.2 Å². The SMILES string of the molecule is O=C(Cc1csc(-c2ccccc2Cl)n1)NCc1ccc(OC(F)F)cc1. The van der Waals surface area contributed by atoms with Gasteiger partial charge in [0, 0.05) is 17.5 Å². The topological polar surface area (TPSA) is 51.2 Å². The van der Waals surface area contributed by atoms with Gasteiger partial charge in [-0.15, -0.1) is 11.3 Å². The van der Waals surface area contributed by atoms with Crippen molar-refractivity contribution in [3.8, 4) is 16.3 Å². The van der Waals surface area contributed by atoms with E-state index in [9.17, 15) is 13.6 Å². The molecule has 0 radical (unpaired) electrons. The number of amides is 1. The number of aromatic nitrogens is 1.